The summed E-state index contributed by atoms with van der Waals surface area (Å²) in [4.78, 5) is -0.522. The number of nitrogens with zero attached hydrogens (tertiary/aromatic N) is 1. The third kappa shape index (κ3) is 3.26. The number of hydrogen-bond acceptors (Lipinski definition) is 4. The molecule has 8 heteroatoms. The summed E-state index contributed by atoms with van der Waals surface area (Å²) < 4.78 is 64.8. The molecule has 0 aliphatic carbocycles. The average Bonchev–Trinajstić information content (AvgIpc) is 3.11. The van der Waals surface area contributed by atoms with Gasteiger partial charge in [0.05, 0.1) is 20.3 Å². The molecule has 2 aromatic rings. The molecule has 1 saturated heterocycles. The van der Waals surface area contributed by atoms with Crippen LogP contribution < -0.4 is 9.47 Å². The number of hydrogen-bond donors (Lipinski definition) is 0. The van der Waals surface area contributed by atoms with Crippen molar-refractivity contribution < 1.29 is 26.7 Å². The van der Waals surface area contributed by atoms with Crippen LogP contribution >= 0.6 is 0 Å². The summed E-state index contributed by atoms with van der Waals surface area (Å²) in [5, 5.41) is 0. The summed E-state index contributed by atoms with van der Waals surface area (Å²) in [5.74, 6) is -0.891. The van der Waals surface area contributed by atoms with Crippen molar-refractivity contribution in [2.24, 2.45) is 0 Å². The molecule has 1 heterocycles. The molecule has 0 amide bonds. The molecule has 0 aromatic heterocycles. The minimum absolute atomic E-state index is 0.262. The van der Waals surface area contributed by atoms with Gasteiger partial charge in [-0.2, -0.15) is 4.31 Å². The molecule has 0 radical (unpaired) electrons. The van der Waals surface area contributed by atoms with Gasteiger partial charge in [0, 0.05) is 12.6 Å². The van der Waals surface area contributed by atoms with Crippen LogP contribution in [0.4, 0.5) is 8.78 Å². The topological polar surface area (TPSA) is 55.8 Å². The third-order valence-electron chi connectivity index (χ3n) is 4.48. The second kappa shape index (κ2) is 7.20. The quantitative estimate of drug-likeness (QED) is 0.793. The first kappa shape index (κ1) is 18.6. The van der Waals surface area contributed by atoms with Gasteiger partial charge in [-0.1, -0.05) is 6.07 Å². The van der Waals surface area contributed by atoms with E-state index in [2.05, 4.69) is 0 Å². The Kier molecular flexibility index (Phi) is 5.15. The summed E-state index contributed by atoms with van der Waals surface area (Å²) in [5.41, 5.74) is 0.728. The van der Waals surface area contributed by atoms with E-state index in [-0.39, 0.29) is 6.54 Å². The zero-order chi connectivity index (χ0) is 18.9. The lowest BCUT2D eigenvalue weighted by Gasteiger charge is -2.25. The number of benzene rings is 2. The highest BCUT2D eigenvalue weighted by atomic mass is 32.2. The van der Waals surface area contributed by atoms with E-state index >= 15 is 0 Å². The second-order valence-electron chi connectivity index (χ2n) is 5.96. The first-order valence-corrected chi connectivity index (χ1v) is 9.51. The van der Waals surface area contributed by atoms with E-state index < -0.39 is 32.6 Å². The van der Waals surface area contributed by atoms with Gasteiger partial charge in [-0.25, -0.2) is 17.2 Å². The highest BCUT2D eigenvalue weighted by Crippen LogP contribution is 2.40. The minimum Gasteiger partial charge on any atom is -0.493 e. The maximum absolute atomic E-state index is 14.1. The maximum atomic E-state index is 14.1. The molecule has 5 nitrogen and oxygen atoms in total. The largest absolute Gasteiger partial charge is 0.493 e. The lowest BCUT2D eigenvalue weighted by molar-refractivity contribution is 0.351. The Hall–Kier alpha value is -2.19. The van der Waals surface area contributed by atoms with Gasteiger partial charge in [-0.15, -0.1) is 0 Å². The Labute approximate surface area is 151 Å². The molecule has 1 aliphatic rings. The standard InChI is InChI=1S/C18H19F2NO4S/c1-24-16-7-5-12(10-17(16)25-2)15-4-3-9-21(15)26(22,23)18-8-6-13(19)11-14(18)20/h5-8,10-11,15H,3-4,9H2,1-2H3. The average molecular weight is 383 g/mol. The van der Waals surface area contributed by atoms with Gasteiger partial charge in [0.25, 0.3) is 0 Å². The Balaban J connectivity index is 2.00. The van der Waals surface area contributed by atoms with Crippen molar-refractivity contribution in [1.82, 2.24) is 4.31 Å². The molecule has 1 atom stereocenters. The van der Waals surface area contributed by atoms with Gasteiger partial charge in [0.2, 0.25) is 10.0 Å². The number of ether oxygens (including phenoxy) is 2. The third-order valence-corrected chi connectivity index (χ3v) is 6.42. The van der Waals surface area contributed by atoms with Crippen LogP contribution in [0.1, 0.15) is 24.4 Å². The van der Waals surface area contributed by atoms with Crippen LogP contribution in [0.15, 0.2) is 41.3 Å². The molecule has 1 unspecified atom stereocenters. The van der Waals surface area contributed by atoms with Crippen LogP contribution in [-0.2, 0) is 10.0 Å². The van der Waals surface area contributed by atoms with Crippen molar-refractivity contribution in [3.63, 3.8) is 0 Å². The van der Waals surface area contributed by atoms with Crippen molar-refractivity contribution in [3.8, 4) is 11.5 Å². The predicted octanol–water partition coefficient (Wildman–Crippen LogP) is 3.51. The van der Waals surface area contributed by atoms with Crippen molar-refractivity contribution in [2.45, 2.75) is 23.8 Å². The van der Waals surface area contributed by atoms with Crippen LogP contribution in [0.5, 0.6) is 11.5 Å². The molecular weight excluding hydrogens is 364 g/mol. The van der Waals surface area contributed by atoms with E-state index in [4.69, 9.17) is 9.47 Å². The van der Waals surface area contributed by atoms with E-state index in [0.29, 0.717) is 30.4 Å². The SMILES string of the molecule is COc1ccc(C2CCCN2S(=O)(=O)c2ccc(F)cc2F)cc1OC. The van der Waals surface area contributed by atoms with E-state index in [9.17, 15) is 17.2 Å². The van der Waals surface area contributed by atoms with Gasteiger partial charge in [0.1, 0.15) is 16.5 Å². The lowest BCUT2D eigenvalue weighted by atomic mass is 10.0. The molecule has 0 N–H and O–H groups in total. The van der Waals surface area contributed by atoms with Crippen LogP contribution in [-0.4, -0.2) is 33.5 Å². The van der Waals surface area contributed by atoms with Crippen molar-refractivity contribution in [2.75, 3.05) is 20.8 Å². The first-order valence-electron chi connectivity index (χ1n) is 8.07. The number of halogens is 2. The zero-order valence-corrected chi connectivity index (χ0v) is 15.2. The van der Waals surface area contributed by atoms with Crippen molar-refractivity contribution in [1.29, 1.82) is 0 Å². The summed E-state index contributed by atoms with van der Waals surface area (Å²) in [7, 11) is -1.09. The predicted molar refractivity (Wildman–Crippen MR) is 91.8 cm³/mol. The number of methoxy groups -OCH3 is 2. The molecule has 1 aliphatic heterocycles. The van der Waals surface area contributed by atoms with Crippen LogP contribution in [0.3, 0.4) is 0 Å². The zero-order valence-electron chi connectivity index (χ0n) is 14.4. The highest BCUT2D eigenvalue weighted by Gasteiger charge is 2.37. The molecule has 2 aromatic carbocycles. The highest BCUT2D eigenvalue weighted by molar-refractivity contribution is 7.89. The molecule has 1 fully saturated rings. The van der Waals surface area contributed by atoms with Gasteiger partial charge < -0.3 is 9.47 Å². The first-order chi connectivity index (χ1) is 12.4. The number of sulfonamides is 1. The molecule has 0 bridgehead atoms. The second-order valence-corrected chi connectivity index (χ2v) is 7.82. The molecule has 26 heavy (non-hydrogen) atoms. The number of rotatable bonds is 5. The Morgan fingerprint density at radius 1 is 1.04 bits per heavy atom. The summed E-state index contributed by atoms with van der Waals surface area (Å²) in [6, 6.07) is 7.22. The van der Waals surface area contributed by atoms with E-state index in [1.807, 2.05) is 0 Å². The molecular formula is C18H19F2NO4S. The molecule has 140 valence electrons. The minimum atomic E-state index is -4.10. The van der Waals surface area contributed by atoms with E-state index in [1.165, 1.54) is 18.5 Å². The van der Waals surface area contributed by atoms with Crippen LogP contribution in [0, 0.1) is 11.6 Å². The fourth-order valence-electron chi connectivity index (χ4n) is 3.23. The van der Waals surface area contributed by atoms with Crippen molar-refractivity contribution in [3.05, 3.63) is 53.6 Å². The fourth-order valence-corrected chi connectivity index (χ4v) is 4.96. The maximum Gasteiger partial charge on any atom is 0.246 e. The summed E-state index contributed by atoms with van der Waals surface area (Å²) in [6.07, 6.45) is 1.23. The normalized spacial score (nSPS) is 18.1. The monoisotopic (exact) mass is 383 g/mol. The summed E-state index contributed by atoms with van der Waals surface area (Å²) >= 11 is 0. The fraction of sp³-hybridized carbons (Fsp3) is 0.333. The van der Waals surface area contributed by atoms with Crippen LogP contribution in [0.2, 0.25) is 0 Å². The lowest BCUT2D eigenvalue weighted by Crippen LogP contribution is -2.31. The molecule has 0 saturated carbocycles. The van der Waals surface area contributed by atoms with Gasteiger partial charge in [-0.05, 0) is 42.7 Å². The van der Waals surface area contributed by atoms with Gasteiger partial charge >= 0.3 is 0 Å². The van der Waals surface area contributed by atoms with Crippen molar-refractivity contribution >= 4 is 10.0 Å². The summed E-state index contributed by atoms with van der Waals surface area (Å²) in [6.45, 7) is 0.262. The van der Waals surface area contributed by atoms with Crippen LogP contribution in [0.25, 0.3) is 0 Å². The Bertz CT molecular complexity index is 917. The smallest absolute Gasteiger partial charge is 0.246 e. The Morgan fingerprint density at radius 3 is 2.42 bits per heavy atom. The Morgan fingerprint density at radius 2 is 1.77 bits per heavy atom. The van der Waals surface area contributed by atoms with E-state index in [1.54, 1.807) is 18.2 Å². The van der Waals surface area contributed by atoms with Gasteiger partial charge in [0.15, 0.2) is 11.5 Å². The van der Waals surface area contributed by atoms with E-state index in [0.717, 1.165) is 17.7 Å². The molecule has 0 spiro atoms. The molecule has 3 rings (SSSR count). The van der Waals surface area contributed by atoms with Gasteiger partial charge in [-0.3, -0.25) is 0 Å².